The molecular formula is C15H25NO2. The molecule has 102 valence electrons. The van der Waals surface area contributed by atoms with Gasteiger partial charge in [-0.15, -0.1) is 0 Å². The number of hydrogen-bond acceptors (Lipinski definition) is 2. The lowest BCUT2D eigenvalue weighted by Crippen LogP contribution is -2.51. The van der Waals surface area contributed by atoms with Crippen molar-refractivity contribution in [3.05, 3.63) is 0 Å². The summed E-state index contributed by atoms with van der Waals surface area (Å²) >= 11 is 0. The van der Waals surface area contributed by atoms with Crippen molar-refractivity contribution in [2.75, 3.05) is 0 Å². The normalized spacial score (nSPS) is 35.3. The van der Waals surface area contributed by atoms with Crippen LogP contribution in [0.1, 0.15) is 59.8 Å². The van der Waals surface area contributed by atoms with E-state index in [4.69, 9.17) is 0 Å². The van der Waals surface area contributed by atoms with E-state index in [2.05, 4.69) is 33.0 Å². The lowest BCUT2D eigenvalue weighted by molar-refractivity contribution is -0.144. The van der Waals surface area contributed by atoms with Crippen LogP contribution >= 0.6 is 0 Å². The maximum absolute atomic E-state index is 12.2. The Bertz CT molecular complexity index is 373. The predicted molar refractivity (Wildman–Crippen MR) is 70.8 cm³/mol. The first-order valence-corrected chi connectivity index (χ1v) is 7.08. The molecule has 1 N–H and O–H groups in total. The number of imide groups is 1. The topological polar surface area (TPSA) is 46.2 Å². The quantitative estimate of drug-likeness (QED) is 0.767. The molecule has 1 aliphatic heterocycles. The molecule has 1 saturated heterocycles. The van der Waals surface area contributed by atoms with Gasteiger partial charge < -0.3 is 0 Å². The Morgan fingerprint density at radius 3 is 2.44 bits per heavy atom. The maximum atomic E-state index is 12.2. The van der Waals surface area contributed by atoms with Crippen molar-refractivity contribution in [3.8, 4) is 0 Å². The zero-order valence-corrected chi connectivity index (χ0v) is 12.0. The van der Waals surface area contributed by atoms with Gasteiger partial charge in [-0.1, -0.05) is 27.7 Å². The maximum Gasteiger partial charge on any atom is 0.230 e. The smallest absolute Gasteiger partial charge is 0.230 e. The minimum Gasteiger partial charge on any atom is -0.296 e. The number of rotatable bonds is 2. The third kappa shape index (κ3) is 2.45. The third-order valence-corrected chi connectivity index (χ3v) is 4.67. The fourth-order valence-corrected chi connectivity index (χ4v) is 3.98. The molecule has 2 amide bonds. The highest BCUT2D eigenvalue weighted by Gasteiger charge is 2.53. The van der Waals surface area contributed by atoms with Gasteiger partial charge in [0.1, 0.15) is 0 Å². The monoisotopic (exact) mass is 251 g/mol. The number of nitrogens with one attached hydrogen (secondary N) is 1. The van der Waals surface area contributed by atoms with Crippen LogP contribution in [-0.2, 0) is 9.59 Å². The van der Waals surface area contributed by atoms with Crippen molar-refractivity contribution >= 4 is 11.8 Å². The Balaban J connectivity index is 2.28. The number of carbonyl (C=O) groups is 2. The first-order valence-electron chi connectivity index (χ1n) is 7.08. The molecule has 0 aromatic heterocycles. The van der Waals surface area contributed by atoms with Crippen LogP contribution < -0.4 is 5.32 Å². The zero-order chi connectivity index (χ0) is 13.6. The van der Waals surface area contributed by atoms with Gasteiger partial charge in [-0.25, -0.2) is 0 Å². The van der Waals surface area contributed by atoms with Crippen LogP contribution in [0.3, 0.4) is 0 Å². The molecule has 1 aliphatic carbocycles. The van der Waals surface area contributed by atoms with Crippen molar-refractivity contribution < 1.29 is 9.59 Å². The van der Waals surface area contributed by atoms with E-state index in [-0.39, 0.29) is 28.6 Å². The summed E-state index contributed by atoms with van der Waals surface area (Å²) in [6.07, 6.45) is 4.60. The largest absolute Gasteiger partial charge is 0.296 e. The molecule has 0 bridgehead atoms. The van der Waals surface area contributed by atoms with E-state index < -0.39 is 0 Å². The zero-order valence-electron chi connectivity index (χ0n) is 12.0. The van der Waals surface area contributed by atoms with Gasteiger partial charge in [0.15, 0.2) is 0 Å². The first kappa shape index (κ1) is 13.6. The predicted octanol–water partition coefficient (Wildman–Crippen LogP) is 2.89. The highest BCUT2D eigenvalue weighted by Crippen LogP contribution is 2.57. The third-order valence-electron chi connectivity index (χ3n) is 4.67. The summed E-state index contributed by atoms with van der Waals surface area (Å²) in [5, 5.41) is 2.54. The van der Waals surface area contributed by atoms with Crippen LogP contribution in [0.5, 0.6) is 0 Å². The van der Waals surface area contributed by atoms with E-state index in [1.54, 1.807) is 0 Å². The van der Waals surface area contributed by atoms with Crippen LogP contribution in [0.4, 0.5) is 0 Å². The summed E-state index contributed by atoms with van der Waals surface area (Å²) < 4.78 is 0. The summed E-state index contributed by atoms with van der Waals surface area (Å²) in [4.78, 5) is 23.9. The molecular weight excluding hydrogens is 226 g/mol. The summed E-state index contributed by atoms with van der Waals surface area (Å²) in [6.45, 7) is 8.81. The summed E-state index contributed by atoms with van der Waals surface area (Å²) in [5.41, 5.74) is 0.209. The molecule has 18 heavy (non-hydrogen) atoms. The molecule has 3 heteroatoms. The van der Waals surface area contributed by atoms with Crippen molar-refractivity contribution in [1.82, 2.24) is 5.32 Å². The fourth-order valence-electron chi connectivity index (χ4n) is 3.98. The highest BCUT2D eigenvalue weighted by atomic mass is 16.2. The van der Waals surface area contributed by atoms with E-state index in [1.807, 2.05) is 0 Å². The van der Waals surface area contributed by atoms with Gasteiger partial charge in [0, 0.05) is 12.3 Å². The van der Waals surface area contributed by atoms with Crippen LogP contribution in [0.25, 0.3) is 0 Å². The van der Waals surface area contributed by atoms with Crippen molar-refractivity contribution in [3.63, 3.8) is 0 Å². The summed E-state index contributed by atoms with van der Waals surface area (Å²) in [6, 6.07) is 0. The molecule has 2 aliphatic rings. The average molecular weight is 251 g/mol. The fraction of sp³-hybridized carbons (Fsp3) is 0.867. The Kier molecular flexibility index (Phi) is 3.28. The number of carbonyl (C=O) groups excluding carboxylic acids is 2. The average Bonchev–Trinajstić information content (AvgIpc) is 2.49. The Morgan fingerprint density at radius 2 is 1.94 bits per heavy atom. The molecule has 2 unspecified atom stereocenters. The second kappa shape index (κ2) is 4.36. The molecule has 2 atom stereocenters. The standard InChI is InChI=1S/C15H25NO2/c1-10(2)7-11-13(18)16-12(17)8-15(11)6-5-14(3,4)9-15/h10-11H,5-9H2,1-4H3,(H,16,17,18). The second-order valence-corrected chi connectivity index (χ2v) is 7.47. The van der Waals surface area contributed by atoms with E-state index >= 15 is 0 Å². The van der Waals surface area contributed by atoms with Crippen molar-refractivity contribution in [2.24, 2.45) is 22.7 Å². The molecule has 0 aromatic carbocycles. The van der Waals surface area contributed by atoms with Gasteiger partial charge in [0.25, 0.3) is 0 Å². The summed E-state index contributed by atoms with van der Waals surface area (Å²) in [5.74, 6) is 0.418. The van der Waals surface area contributed by atoms with Crippen molar-refractivity contribution in [2.45, 2.75) is 59.8 Å². The molecule has 2 fully saturated rings. The Labute approximate surface area is 110 Å². The lowest BCUT2D eigenvalue weighted by Gasteiger charge is -2.41. The number of amides is 2. The van der Waals surface area contributed by atoms with Crippen molar-refractivity contribution in [1.29, 1.82) is 0 Å². The minimum absolute atomic E-state index is 0.0250. The first-order chi connectivity index (χ1) is 8.24. The van der Waals surface area contributed by atoms with Gasteiger partial charge >= 0.3 is 0 Å². The van der Waals surface area contributed by atoms with Gasteiger partial charge in [-0.2, -0.15) is 0 Å². The summed E-state index contributed by atoms with van der Waals surface area (Å²) in [7, 11) is 0. The molecule has 1 spiro atoms. The molecule has 1 heterocycles. The van der Waals surface area contributed by atoms with Crippen LogP contribution in [0.15, 0.2) is 0 Å². The van der Waals surface area contributed by atoms with Gasteiger partial charge in [-0.05, 0) is 42.4 Å². The van der Waals surface area contributed by atoms with Gasteiger partial charge in [0.05, 0.1) is 0 Å². The van der Waals surface area contributed by atoms with Crippen LogP contribution in [0.2, 0.25) is 0 Å². The van der Waals surface area contributed by atoms with Gasteiger partial charge in [-0.3, -0.25) is 14.9 Å². The van der Waals surface area contributed by atoms with Crippen LogP contribution in [0, 0.1) is 22.7 Å². The lowest BCUT2D eigenvalue weighted by atomic mass is 9.65. The number of piperidine rings is 1. The van der Waals surface area contributed by atoms with E-state index in [9.17, 15) is 9.59 Å². The molecule has 0 aromatic rings. The minimum atomic E-state index is -0.0716. The number of hydrogen-bond donors (Lipinski definition) is 1. The molecule has 3 nitrogen and oxygen atoms in total. The Hall–Kier alpha value is -0.860. The molecule has 1 saturated carbocycles. The van der Waals surface area contributed by atoms with E-state index in [0.29, 0.717) is 12.3 Å². The second-order valence-electron chi connectivity index (χ2n) is 7.47. The van der Waals surface area contributed by atoms with Crippen LogP contribution in [-0.4, -0.2) is 11.8 Å². The Morgan fingerprint density at radius 1 is 1.28 bits per heavy atom. The van der Waals surface area contributed by atoms with Gasteiger partial charge in [0.2, 0.25) is 11.8 Å². The molecule has 0 radical (unpaired) electrons. The molecule has 2 rings (SSSR count). The highest BCUT2D eigenvalue weighted by molar-refractivity contribution is 5.99. The SMILES string of the molecule is CC(C)CC1C(=O)NC(=O)CC12CCC(C)(C)C2. The van der Waals surface area contributed by atoms with E-state index in [1.165, 1.54) is 0 Å². The van der Waals surface area contributed by atoms with E-state index in [0.717, 1.165) is 25.7 Å².